The summed E-state index contributed by atoms with van der Waals surface area (Å²) in [5, 5.41) is 5.79. The lowest BCUT2D eigenvalue weighted by Crippen LogP contribution is -2.54. The minimum absolute atomic E-state index is 0. The van der Waals surface area contributed by atoms with Crippen LogP contribution in [0.25, 0.3) is 0 Å². The van der Waals surface area contributed by atoms with Gasteiger partial charge in [-0.05, 0) is 71.7 Å². The van der Waals surface area contributed by atoms with E-state index >= 15 is 0 Å². The van der Waals surface area contributed by atoms with Gasteiger partial charge in [0.05, 0.1) is 12.1 Å². The van der Waals surface area contributed by atoms with E-state index in [-0.39, 0.29) is 49.4 Å². The third kappa shape index (κ3) is 6.64. The summed E-state index contributed by atoms with van der Waals surface area (Å²) in [6, 6.07) is 3.49. The third-order valence-electron chi connectivity index (χ3n) is 6.40. The molecular weight excluding hydrogens is 494 g/mol. The Labute approximate surface area is 217 Å². The number of benzene rings is 1. The van der Waals surface area contributed by atoms with Gasteiger partial charge in [-0.3, -0.25) is 14.4 Å². The largest absolute Gasteiger partial charge is 0.476 e. The Morgan fingerprint density at radius 3 is 2.58 bits per heavy atom. The predicted octanol–water partition coefficient (Wildman–Crippen LogP) is 3.29. The van der Waals surface area contributed by atoms with Gasteiger partial charge in [0.15, 0.2) is 5.60 Å². The molecule has 2 heterocycles. The minimum atomic E-state index is -2.74. The lowest BCUT2D eigenvalue weighted by atomic mass is 9.97. The zero-order chi connectivity index (χ0) is 25.9. The Morgan fingerprint density at radius 1 is 1.31 bits per heavy atom. The fourth-order valence-corrected chi connectivity index (χ4v) is 4.72. The van der Waals surface area contributed by atoms with Crippen molar-refractivity contribution in [2.24, 2.45) is 0 Å². The first-order valence-electron chi connectivity index (χ1n) is 12.2. The number of carbonyl (C=O) groups excluding carboxylic acids is 3. The van der Waals surface area contributed by atoms with Gasteiger partial charge < -0.3 is 25.2 Å². The van der Waals surface area contributed by atoms with Gasteiger partial charge in [-0.1, -0.05) is 0 Å². The van der Waals surface area contributed by atoms with E-state index in [0.717, 1.165) is 31.5 Å². The second kappa shape index (κ2) is 12.2. The van der Waals surface area contributed by atoms with Crippen LogP contribution in [0.4, 0.5) is 14.5 Å². The lowest BCUT2D eigenvalue weighted by Gasteiger charge is -2.40. The summed E-state index contributed by atoms with van der Waals surface area (Å²) >= 11 is 0. The molecule has 2 aliphatic heterocycles. The van der Waals surface area contributed by atoms with Gasteiger partial charge in [0.1, 0.15) is 5.75 Å². The van der Waals surface area contributed by atoms with E-state index in [2.05, 4.69) is 10.6 Å². The summed E-state index contributed by atoms with van der Waals surface area (Å²) in [5.41, 5.74) is 0.483. The van der Waals surface area contributed by atoms with Crippen molar-refractivity contribution in [3.8, 4) is 5.75 Å². The SMILES string of the molecule is Cc1cc2c(cc1C(=O)N(C(C)C)[C@@H]1CCCNC1)N(CCNC(=O)CC(F)F)C(=O)C(C)(C)O2.Cl. The third-order valence-corrected chi connectivity index (χ3v) is 6.40. The van der Waals surface area contributed by atoms with Crippen LogP contribution in [-0.4, -0.2) is 72.9 Å². The molecule has 11 heteroatoms. The molecule has 1 atom stereocenters. The maximum absolute atomic E-state index is 13.7. The van der Waals surface area contributed by atoms with Gasteiger partial charge in [0, 0.05) is 37.3 Å². The molecule has 1 saturated heterocycles. The molecule has 0 spiro atoms. The van der Waals surface area contributed by atoms with Crippen LogP contribution in [-0.2, 0) is 9.59 Å². The standard InChI is InChI=1S/C25H36F2N4O4.ClH/c1-15(2)31(17-7-6-8-28-14-17)23(33)18-12-19-20(11-16(18)3)35-25(4,5)24(34)30(19)10-9-29-22(32)13-21(26)27;/h11-12,15,17,21,28H,6-10,13-14H2,1-5H3,(H,29,32);1H/t17-;/m1./s1. The number of anilines is 1. The number of rotatable bonds is 8. The average Bonchev–Trinajstić information content (AvgIpc) is 2.76. The summed E-state index contributed by atoms with van der Waals surface area (Å²) in [6.45, 7) is 10.8. The van der Waals surface area contributed by atoms with E-state index < -0.39 is 24.4 Å². The molecule has 1 aromatic carbocycles. The van der Waals surface area contributed by atoms with Gasteiger partial charge >= 0.3 is 0 Å². The molecule has 0 saturated carbocycles. The van der Waals surface area contributed by atoms with Gasteiger partial charge in [0.2, 0.25) is 12.3 Å². The first-order chi connectivity index (χ1) is 16.4. The Hall–Kier alpha value is -2.46. The van der Waals surface area contributed by atoms with E-state index in [1.54, 1.807) is 26.0 Å². The van der Waals surface area contributed by atoms with E-state index in [1.807, 2.05) is 25.7 Å². The topological polar surface area (TPSA) is 91.0 Å². The van der Waals surface area contributed by atoms with Crippen LogP contribution in [0, 0.1) is 6.92 Å². The van der Waals surface area contributed by atoms with Crippen molar-refractivity contribution in [3.63, 3.8) is 0 Å². The first-order valence-corrected chi connectivity index (χ1v) is 12.2. The predicted molar refractivity (Wildman–Crippen MR) is 136 cm³/mol. The number of amides is 3. The van der Waals surface area contributed by atoms with Crippen molar-refractivity contribution in [1.82, 2.24) is 15.5 Å². The number of nitrogens with zero attached hydrogens (tertiary/aromatic N) is 2. The zero-order valence-electron chi connectivity index (χ0n) is 21.5. The number of alkyl halides is 2. The van der Waals surface area contributed by atoms with E-state index in [4.69, 9.17) is 4.74 Å². The number of ether oxygens (including phenoxy) is 1. The number of aryl methyl sites for hydroxylation is 1. The Kier molecular flexibility index (Phi) is 10.1. The molecule has 0 aliphatic carbocycles. The quantitative estimate of drug-likeness (QED) is 0.538. The fourth-order valence-electron chi connectivity index (χ4n) is 4.72. The highest BCUT2D eigenvalue weighted by molar-refractivity contribution is 6.05. The maximum atomic E-state index is 13.7. The van der Waals surface area contributed by atoms with E-state index in [0.29, 0.717) is 17.0 Å². The van der Waals surface area contributed by atoms with Crippen LogP contribution >= 0.6 is 12.4 Å². The lowest BCUT2D eigenvalue weighted by molar-refractivity contribution is -0.133. The molecule has 0 bridgehead atoms. The summed E-state index contributed by atoms with van der Waals surface area (Å²) in [4.78, 5) is 41.9. The first kappa shape index (κ1) is 29.8. The normalized spacial score (nSPS) is 18.9. The van der Waals surface area contributed by atoms with Crippen molar-refractivity contribution in [1.29, 1.82) is 0 Å². The summed E-state index contributed by atoms with van der Waals surface area (Å²) in [7, 11) is 0. The fraction of sp³-hybridized carbons (Fsp3) is 0.640. The number of hydrogen-bond donors (Lipinski definition) is 2. The molecule has 0 radical (unpaired) electrons. The molecule has 8 nitrogen and oxygen atoms in total. The number of halogens is 3. The number of nitrogens with one attached hydrogen (secondary N) is 2. The van der Waals surface area contributed by atoms with Crippen molar-refractivity contribution >= 4 is 35.8 Å². The van der Waals surface area contributed by atoms with Gasteiger partial charge in [0.25, 0.3) is 11.8 Å². The van der Waals surface area contributed by atoms with Crippen LogP contribution in [0.5, 0.6) is 5.75 Å². The number of carbonyl (C=O) groups is 3. The average molecular weight is 531 g/mol. The molecule has 1 aromatic rings. The van der Waals surface area contributed by atoms with Crippen molar-refractivity contribution < 1.29 is 27.9 Å². The van der Waals surface area contributed by atoms with Crippen LogP contribution in [0.15, 0.2) is 12.1 Å². The van der Waals surface area contributed by atoms with Crippen molar-refractivity contribution in [3.05, 3.63) is 23.3 Å². The van der Waals surface area contributed by atoms with E-state index in [1.165, 1.54) is 4.90 Å². The smallest absolute Gasteiger partial charge is 0.270 e. The molecule has 0 unspecified atom stereocenters. The van der Waals surface area contributed by atoms with Gasteiger partial charge in [-0.25, -0.2) is 8.78 Å². The Morgan fingerprint density at radius 2 is 2.00 bits per heavy atom. The van der Waals surface area contributed by atoms with Crippen LogP contribution in [0.2, 0.25) is 0 Å². The Balaban J connectivity index is 0.00000456. The second-order valence-corrected chi connectivity index (χ2v) is 9.96. The molecule has 202 valence electrons. The zero-order valence-corrected chi connectivity index (χ0v) is 22.3. The van der Waals surface area contributed by atoms with Crippen LogP contribution in [0.3, 0.4) is 0 Å². The molecule has 2 N–H and O–H groups in total. The van der Waals surface area contributed by atoms with Gasteiger partial charge in [-0.15, -0.1) is 12.4 Å². The van der Waals surface area contributed by atoms with Crippen molar-refractivity contribution in [2.75, 3.05) is 31.1 Å². The monoisotopic (exact) mass is 530 g/mol. The van der Waals surface area contributed by atoms with Gasteiger partial charge in [-0.2, -0.15) is 0 Å². The summed E-state index contributed by atoms with van der Waals surface area (Å²) in [6.07, 6.45) is -1.72. The molecule has 1 fully saturated rings. The molecular formula is C25H37ClF2N4O4. The minimum Gasteiger partial charge on any atom is -0.476 e. The number of hydrogen-bond acceptors (Lipinski definition) is 5. The molecule has 3 rings (SSSR count). The summed E-state index contributed by atoms with van der Waals surface area (Å²) < 4.78 is 30.9. The molecule has 0 aromatic heterocycles. The molecule has 36 heavy (non-hydrogen) atoms. The molecule has 3 amide bonds. The molecule has 2 aliphatic rings. The van der Waals surface area contributed by atoms with Crippen LogP contribution in [0.1, 0.15) is 62.9 Å². The van der Waals surface area contributed by atoms with Crippen LogP contribution < -0.4 is 20.3 Å². The maximum Gasteiger partial charge on any atom is 0.270 e. The number of fused-ring (bicyclic) bond motifs is 1. The highest BCUT2D eigenvalue weighted by atomic mass is 35.5. The Bertz CT molecular complexity index is 968. The van der Waals surface area contributed by atoms with E-state index in [9.17, 15) is 23.2 Å². The summed E-state index contributed by atoms with van der Waals surface area (Å²) in [5.74, 6) is -0.782. The number of piperidine rings is 1. The highest BCUT2D eigenvalue weighted by Gasteiger charge is 2.42. The second-order valence-electron chi connectivity index (χ2n) is 9.96. The highest BCUT2D eigenvalue weighted by Crippen LogP contribution is 2.40. The van der Waals surface area contributed by atoms with Crippen molar-refractivity contribution in [2.45, 2.75) is 78.0 Å².